The highest BCUT2D eigenvalue weighted by Crippen LogP contribution is 1.91. The van der Waals surface area contributed by atoms with E-state index < -0.39 is 0 Å². The van der Waals surface area contributed by atoms with Crippen molar-refractivity contribution in [2.75, 3.05) is 0 Å². The van der Waals surface area contributed by atoms with Gasteiger partial charge in [-0.15, -0.1) is 0 Å². The van der Waals surface area contributed by atoms with Crippen LogP contribution in [0.15, 0.2) is 4.99 Å². The van der Waals surface area contributed by atoms with E-state index in [1.54, 1.807) is 6.34 Å². The number of hydrogen-bond acceptors (Lipinski definition) is 2. The Labute approximate surface area is 37.3 Å². The van der Waals surface area contributed by atoms with Gasteiger partial charge in [0.15, 0.2) is 0 Å². The van der Waals surface area contributed by atoms with Crippen LogP contribution in [0.4, 0.5) is 0 Å². The number of nitrogens with zero attached hydrogens (tertiary/aromatic N) is 1. The van der Waals surface area contributed by atoms with Crippen molar-refractivity contribution in [3.63, 3.8) is 0 Å². The molecule has 1 rings (SSSR count). The maximum atomic E-state index is 3.68. The maximum absolute atomic E-state index is 3.68. The van der Waals surface area contributed by atoms with E-state index in [1.165, 1.54) is 0 Å². The highest BCUT2D eigenvalue weighted by molar-refractivity contribution is 5.58. The zero-order chi connectivity index (χ0) is 4.41. The molecule has 0 amide bonds. The molecule has 0 aromatic carbocycles. The average molecular weight is 82.1 g/mol. The third-order valence-electron chi connectivity index (χ3n) is 0.657. The average Bonchev–Trinajstić information content (AvgIpc) is 1.86. The van der Waals surface area contributed by atoms with Gasteiger partial charge in [0, 0.05) is 0 Å². The second-order valence-electron chi connectivity index (χ2n) is 1.28. The number of nitrogens with one attached hydrogen (secondary N) is 1. The van der Waals surface area contributed by atoms with Crippen molar-refractivity contribution in [2.45, 2.75) is 13.0 Å². The van der Waals surface area contributed by atoms with Crippen LogP contribution in [0.3, 0.4) is 0 Å². The summed E-state index contributed by atoms with van der Waals surface area (Å²) in [6.07, 6.45) is 1.64. The van der Waals surface area contributed by atoms with E-state index in [9.17, 15) is 0 Å². The molecule has 0 saturated carbocycles. The molecule has 1 atom stereocenters. The van der Waals surface area contributed by atoms with E-state index in [4.69, 9.17) is 0 Å². The van der Waals surface area contributed by atoms with E-state index in [2.05, 4.69) is 16.9 Å². The van der Waals surface area contributed by atoms with Gasteiger partial charge in [0.2, 0.25) is 0 Å². The molecule has 1 heterocycles. The van der Waals surface area contributed by atoms with Crippen LogP contribution in [0.5, 0.6) is 0 Å². The van der Waals surface area contributed by atoms with Gasteiger partial charge >= 0.3 is 0 Å². The van der Waals surface area contributed by atoms with Crippen LogP contribution in [0.1, 0.15) is 6.92 Å². The lowest BCUT2D eigenvalue weighted by Gasteiger charge is -1.93. The lowest BCUT2D eigenvalue weighted by Crippen LogP contribution is -2.16. The molecule has 0 aromatic heterocycles. The van der Waals surface area contributed by atoms with Crippen LogP contribution in [0.25, 0.3) is 0 Å². The monoisotopic (exact) mass is 82.1 g/mol. The van der Waals surface area contributed by atoms with Crippen molar-refractivity contribution in [3.8, 4) is 0 Å². The molecule has 0 fully saturated rings. The SMILES string of the molecule is CC1[C]N=CN1. The van der Waals surface area contributed by atoms with Crippen LogP contribution in [0.2, 0.25) is 0 Å². The van der Waals surface area contributed by atoms with Gasteiger partial charge in [-0.3, -0.25) is 4.99 Å². The number of aliphatic imine (C=N–C) groups is 1. The van der Waals surface area contributed by atoms with Crippen LogP contribution in [-0.2, 0) is 0 Å². The minimum absolute atomic E-state index is 0.324. The van der Waals surface area contributed by atoms with E-state index in [1.807, 2.05) is 6.92 Å². The van der Waals surface area contributed by atoms with E-state index in [-0.39, 0.29) is 0 Å². The fourth-order valence-electron chi connectivity index (χ4n) is 0.335. The summed E-state index contributed by atoms with van der Waals surface area (Å²) >= 11 is 0. The van der Waals surface area contributed by atoms with Gasteiger partial charge in [-0.05, 0) is 6.92 Å². The molecule has 0 spiro atoms. The molecule has 1 aliphatic heterocycles. The summed E-state index contributed by atoms with van der Waals surface area (Å²) < 4.78 is 0. The summed E-state index contributed by atoms with van der Waals surface area (Å²) in [5.74, 6) is 0. The van der Waals surface area contributed by atoms with Gasteiger partial charge in [0.25, 0.3) is 0 Å². The van der Waals surface area contributed by atoms with Gasteiger partial charge in [0.1, 0.15) is 6.54 Å². The predicted molar refractivity (Wildman–Crippen MR) is 24.3 cm³/mol. The van der Waals surface area contributed by atoms with Crippen molar-refractivity contribution < 1.29 is 0 Å². The highest BCUT2D eigenvalue weighted by Gasteiger charge is 2.01. The molecule has 2 radical (unpaired) electrons. The lowest BCUT2D eigenvalue weighted by atomic mass is 10.4. The molecule has 6 heavy (non-hydrogen) atoms. The zero-order valence-corrected chi connectivity index (χ0v) is 3.60. The Morgan fingerprint density at radius 3 is 3.00 bits per heavy atom. The topological polar surface area (TPSA) is 24.4 Å². The molecule has 0 bridgehead atoms. The molecule has 1 aliphatic rings. The molecule has 2 heteroatoms. The van der Waals surface area contributed by atoms with Crippen molar-refractivity contribution in [3.05, 3.63) is 6.54 Å². The zero-order valence-electron chi connectivity index (χ0n) is 3.60. The maximum Gasteiger partial charge on any atom is 0.141 e. The third-order valence-corrected chi connectivity index (χ3v) is 0.657. The molecule has 0 aromatic rings. The summed E-state index contributed by atoms with van der Waals surface area (Å²) in [4.78, 5) is 3.68. The molecule has 1 unspecified atom stereocenters. The lowest BCUT2D eigenvalue weighted by molar-refractivity contribution is 0.797. The minimum atomic E-state index is 0.324. The standard InChI is InChI=1S/C4H6N2/c1-4-2-5-3-6-4/h3-4,6H,1H3. The molecule has 2 nitrogen and oxygen atoms in total. The van der Waals surface area contributed by atoms with Gasteiger partial charge in [-0.1, -0.05) is 0 Å². The first kappa shape index (κ1) is 3.65. The quantitative estimate of drug-likeness (QED) is 0.438. The van der Waals surface area contributed by atoms with Crippen molar-refractivity contribution in [2.24, 2.45) is 4.99 Å². The van der Waals surface area contributed by atoms with Crippen LogP contribution >= 0.6 is 0 Å². The fourth-order valence-corrected chi connectivity index (χ4v) is 0.335. The normalized spacial score (nSPS) is 30.5. The number of rotatable bonds is 0. The van der Waals surface area contributed by atoms with Crippen LogP contribution in [0, 0.1) is 6.54 Å². The van der Waals surface area contributed by atoms with E-state index >= 15 is 0 Å². The summed E-state index contributed by atoms with van der Waals surface area (Å²) in [7, 11) is 0. The first-order valence-corrected chi connectivity index (χ1v) is 1.93. The van der Waals surface area contributed by atoms with Gasteiger partial charge in [-0.25, -0.2) is 0 Å². The molecule has 32 valence electrons. The molecular formula is C4H6N2. The largest absolute Gasteiger partial charge is 0.371 e. The summed E-state index contributed by atoms with van der Waals surface area (Å²) in [5.41, 5.74) is 0. The Kier molecular flexibility index (Phi) is 0.783. The fraction of sp³-hybridized carbons (Fsp3) is 0.500. The van der Waals surface area contributed by atoms with E-state index in [0.29, 0.717) is 6.04 Å². The van der Waals surface area contributed by atoms with Crippen molar-refractivity contribution in [1.29, 1.82) is 0 Å². The van der Waals surface area contributed by atoms with E-state index in [0.717, 1.165) is 0 Å². The third kappa shape index (κ3) is 0.506. The predicted octanol–water partition coefficient (Wildman–Crippen LogP) is 0.0452. The Morgan fingerprint density at radius 1 is 2.00 bits per heavy atom. The summed E-state index contributed by atoms with van der Waals surface area (Å²) in [6, 6.07) is 0.324. The number of hydrogen-bond donors (Lipinski definition) is 1. The van der Waals surface area contributed by atoms with Crippen LogP contribution < -0.4 is 5.32 Å². The first-order chi connectivity index (χ1) is 2.89. The van der Waals surface area contributed by atoms with Gasteiger partial charge in [0.05, 0.1) is 12.4 Å². The van der Waals surface area contributed by atoms with Crippen molar-refractivity contribution >= 4 is 6.34 Å². The molecule has 0 saturated heterocycles. The molecule has 1 N–H and O–H groups in total. The van der Waals surface area contributed by atoms with Crippen molar-refractivity contribution in [1.82, 2.24) is 5.32 Å². The van der Waals surface area contributed by atoms with Gasteiger partial charge in [-0.2, -0.15) is 0 Å². The van der Waals surface area contributed by atoms with Crippen LogP contribution in [-0.4, -0.2) is 12.4 Å². The molecule has 0 aliphatic carbocycles. The minimum Gasteiger partial charge on any atom is -0.371 e. The second-order valence-corrected chi connectivity index (χ2v) is 1.28. The summed E-state index contributed by atoms with van der Waals surface area (Å²) in [5, 5.41) is 2.92. The second kappa shape index (κ2) is 1.29. The highest BCUT2D eigenvalue weighted by atomic mass is 15.0. The Hall–Kier alpha value is -0.530. The molecular weight excluding hydrogens is 76.1 g/mol. The Balaban J connectivity index is 2.32. The Morgan fingerprint density at radius 2 is 2.83 bits per heavy atom. The summed E-state index contributed by atoms with van der Waals surface area (Å²) in [6.45, 7) is 4.77. The Bertz CT molecular complexity index is 59.9. The first-order valence-electron chi connectivity index (χ1n) is 1.93. The van der Waals surface area contributed by atoms with Gasteiger partial charge < -0.3 is 5.32 Å². The smallest absolute Gasteiger partial charge is 0.141 e.